The number of amides is 1. The van der Waals surface area contributed by atoms with Crippen molar-refractivity contribution in [1.82, 2.24) is 15.1 Å². The molecule has 0 saturated carbocycles. The molecule has 0 aliphatic carbocycles. The van der Waals surface area contributed by atoms with Gasteiger partial charge in [0.05, 0.1) is 25.8 Å². The molecule has 2 N–H and O–H groups in total. The van der Waals surface area contributed by atoms with E-state index in [-0.39, 0.29) is 18.6 Å². The molecule has 1 aromatic rings. The van der Waals surface area contributed by atoms with Crippen molar-refractivity contribution in [3.63, 3.8) is 0 Å². The van der Waals surface area contributed by atoms with Crippen LogP contribution in [0.4, 0.5) is 0 Å². The highest BCUT2D eigenvalue weighted by atomic mass is 16.5. The molecule has 2 aliphatic rings. The van der Waals surface area contributed by atoms with Crippen LogP contribution in [0.5, 0.6) is 5.75 Å². The number of carbonyl (C=O) groups is 1. The Bertz CT molecular complexity index is 530. The van der Waals surface area contributed by atoms with Crippen LogP contribution in [0.3, 0.4) is 0 Å². The maximum Gasteiger partial charge on any atom is 0.234 e. The zero-order valence-corrected chi connectivity index (χ0v) is 13.4. The minimum absolute atomic E-state index is 0.0446. The number of para-hydroxylation sites is 1. The summed E-state index contributed by atoms with van der Waals surface area (Å²) in [5.41, 5.74) is 1.07. The van der Waals surface area contributed by atoms with E-state index in [2.05, 4.69) is 15.1 Å². The highest BCUT2D eigenvalue weighted by molar-refractivity contribution is 5.78. The van der Waals surface area contributed by atoms with E-state index in [1.165, 1.54) is 0 Å². The van der Waals surface area contributed by atoms with Gasteiger partial charge in [-0.25, -0.2) is 0 Å². The van der Waals surface area contributed by atoms with Gasteiger partial charge in [0, 0.05) is 44.7 Å². The number of piperazine rings is 1. The molecule has 0 bridgehead atoms. The Morgan fingerprint density at radius 2 is 1.96 bits per heavy atom. The van der Waals surface area contributed by atoms with Gasteiger partial charge in [-0.05, 0) is 6.07 Å². The molecule has 6 heteroatoms. The summed E-state index contributed by atoms with van der Waals surface area (Å²) in [6.45, 7) is 5.56. The van der Waals surface area contributed by atoms with Gasteiger partial charge in [-0.1, -0.05) is 18.2 Å². The van der Waals surface area contributed by atoms with Crippen molar-refractivity contribution in [3.8, 4) is 5.75 Å². The van der Waals surface area contributed by atoms with Crippen LogP contribution in [0.25, 0.3) is 0 Å². The fourth-order valence-electron chi connectivity index (χ4n) is 3.25. The third kappa shape index (κ3) is 4.22. The fraction of sp³-hybridized carbons (Fsp3) is 0.588. The number of ether oxygens (including phenoxy) is 1. The number of aliphatic hydroxyl groups excluding tert-OH is 1. The quantitative estimate of drug-likeness (QED) is 0.814. The van der Waals surface area contributed by atoms with Crippen LogP contribution in [0.2, 0.25) is 0 Å². The SMILES string of the molecule is O=C(CN1CCN(CCO)CC1)N[C@H]1CCOc2ccccc21. The molecule has 3 rings (SSSR count). The van der Waals surface area contributed by atoms with E-state index in [0.717, 1.165) is 50.5 Å². The molecule has 0 spiro atoms. The molecule has 0 radical (unpaired) electrons. The number of aliphatic hydroxyl groups is 1. The molecule has 1 aromatic carbocycles. The van der Waals surface area contributed by atoms with Crippen molar-refractivity contribution in [2.24, 2.45) is 0 Å². The summed E-state index contributed by atoms with van der Waals surface area (Å²) in [7, 11) is 0. The van der Waals surface area contributed by atoms with Gasteiger partial charge >= 0.3 is 0 Å². The summed E-state index contributed by atoms with van der Waals surface area (Å²) in [6, 6.07) is 7.95. The van der Waals surface area contributed by atoms with Crippen LogP contribution < -0.4 is 10.1 Å². The molecule has 2 aliphatic heterocycles. The van der Waals surface area contributed by atoms with E-state index in [0.29, 0.717) is 13.2 Å². The molecular formula is C17H25N3O3. The molecule has 1 atom stereocenters. The number of hydrogen-bond donors (Lipinski definition) is 2. The number of nitrogens with one attached hydrogen (secondary N) is 1. The first-order chi connectivity index (χ1) is 11.3. The number of benzene rings is 1. The van der Waals surface area contributed by atoms with Crippen LogP contribution >= 0.6 is 0 Å². The lowest BCUT2D eigenvalue weighted by atomic mass is 10.0. The van der Waals surface area contributed by atoms with Gasteiger partial charge < -0.3 is 15.2 Å². The molecular weight excluding hydrogens is 294 g/mol. The highest BCUT2D eigenvalue weighted by Crippen LogP contribution is 2.31. The van der Waals surface area contributed by atoms with E-state index < -0.39 is 0 Å². The largest absolute Gasteiger partial charge is 0.493 e. The number of nitrogens with zero attached hydrogens (tertiary/aromatic N) is 2. The smallest absolute Gasteiger partial charge is 0.234 e. The molecule has 23 heavy (non-hydrogen) atoms. The van der Waals surface area contributed by atoms with Crippen LogP contribution in [0, 0.1) is 0 Å². The van der Waals surface area contributed by atoms with Crippen molar-refractivity contribution >= 4 is 5.91 Å². The monoisotopic (exact) mass is 319 g/mol. The zero-order valence-electron chi connectivity index (χ0n) is 13.4. The van der Waals surface area contributed by atoms with Gasteiger partial charge in [0.25, 0.3) is 0 Å². The topological polar surface area (TPSA) is 65.0 Å². The normalized spacial score (nSPS) is 22.2. The van der Waals surface area contributed by atoms with Crippen molar-refractivity contribution in [2.75, 3.05) is 52.5 Å². The third-order valence-corrected chi connectivity index (χ3v) is 4.54. The molecule has 2 heterocycles. The number of rotatable bonds is 5. The van der Waals surface area contributed by atoms with Crippen molar-refractivity contribution in [1.29, 1.82) is 0 Å². The van der Waals surface area contributed by atoms with E-state index in [1.807, 2.05) is 24.3 Å². The summed E-state index contributed by atoms with van der Waals surface area (Å²) < 4.78 is 5.63. The van der Waals surface area contributed by atoms with Crippen LogP contribution in [0.1, 0.15) is 18.0 Å². The average Bonchev–Trinajstić information content (AvgIpc) is 2.57. The number of hydrogen-bond acceptors (Lipinski definition) is 5. The number of fused-ring (bicyclic) bond motifs is 1. The molecule has 1 amide bonds. The predicted octanol–water partition coefficient (Wildman–Crippen LogP) is 0.236. The minimum atomic E-state index is 0.0446. The number of carbonyl (C=O) groups excluding carboxylic acids is 1. The van der Waals surface area contributed by atoms with Crippen molar-refractivity contribution in [3.05, 3.63) is 29.8 Å². The van der Waals surface area contributed by atoms with Gasteiger partial charge in [0.1, 0.15) is 5.75 Å². The molecule has 126 valence electrons. The van der Waals surface area contributed by atoms with E-state index >= 15 is 0 Å². The van der Waals surface area contributed by atoms with E-state index in [4.69, 9.17) is 9.84 Å². The molecule has 0 unspecified atom stereocenters. The van der Waals surface area contributed by atoms with Crippen LogP contribution in [0.15, 0.2) is 24.3 Å². The Balaban J connectivity index is 1.49. The Morgan fingerprint density at radius 3 is 2.74 bits per heavy atom. The third-order valence-electron chi connectivity index (χ3n) is 4.54. The van der Waals surface area contributed by atoms with Crippen LogP contribution in [-0.2, 0) is 4.79 Å². The second-order valence-corrected chi connectivity index (χ2v) is 6.14. The minimum Gasteiger partial charge on any atom is -0.493 e. The highest BCUT2D eigenvalue weighted by Gasteiger charge is 2.24. The predicted molar refractivity (Wildman–Crippen MR) is 87.4 cm³/mol. The van der Waals surface area contributed by atoms with Gasteiger partial charge in [0.2, 0.25) is 5.91 Å². The standard InChI is InChI=1S/C17H25N3O3/c21-11-10-19-6-8-20(9-7-19)13-17(22)18-15-5-12-23-16-4-2-1-3-14(15)16/h1-4,15,21H,5-13H2,(H,18,22)/t15-/m0/s1. The summed E-state index contributed by atoms with van der Waals surface area (Å²) in [6.07, 6.45) is 0.813. The van der Waals surface area contributed by atoms with Crippen molar-refractivity contribution < 1.29 is 14.6 Å². The lowest BCUT2D eigenvalue weighted by molar-refractivity contribution is -0.123. The maximum atomic E-state index is 12.3. The van der Waals surface area contributed by atoms with Gasteiger partial charge in [-0.3, -0.25) is 14.6 Å². The number of β-amino-alcohol motifs (C(OH)–C–C–N with tert-alkyl or cyclic N) is 1. The molecule has 1 saturated heterocycles. The summed E-state index contributed by atoms with van der Waals surface area (Å²) in [5.74, 6) is 0.948. The zero-order chi connectivity index (χ0) is 16.1. The summed E-state index contributed by atoms with van der Waals surface area (Å²) in [4.78, 5) is 16.7. The lowest BCUT2D eigenvalue weighted by Crippen LogP contribution is -2.50. The summed E-state index contributed by atoms with van der Waals surface area (Å²) >= 11 is 0. The van der Waals surface area contributed by atoms with Gasteiger partial charge in [-0.2, -0.15) is 0 Å². The van der Waals surface area contributed by atoms with Gasteiger partial charge in [0.15, 0.2) is 0 Å². The van der Waals surface area contributed by atoms with Crippen LogP contribution in [-0.4, -0.2) is 73.3 Å². The first-order valence-electron chi connectivity index (χ1n) is 8.33. The second kappa shape index (κ2) is 7.77. The first-order valence-corrected chi connectivity index (χ1v) is 8.33. The molecule has 0 aromatic heterocycles. The Kier molecular flexibility index (Phi) is 5.48. The lowest BCUT2D eigenvalue weighted by Gasteiger charge is -2.34. The van der Waals surface area contributed by atoms with E-state index in [9.17, 15) is 4.79 Å². The summed E-state index contributed by atoms with van der Waals surface area (Å²) in [5, 5.41) is 12.1. The fourth-order valence-corrected chi connectivity index (χ4v) is 3.25. The maximum absolute atomic E-state index is 12.3. The Hall–Kier alpha value is -1.63. The molecule has 6 nitrogen and oxygen atoms in total. The first kappa shape index (κ1) is 16.2. The molecule has 1 fully saturated rings. The average molecular weight is 319 g/mol. The van der Waals surface area contributed by atoms with E-state index in [1.54, 1.807) is 0 Å². The van der Waals surface area contributed by atoms with Gasteiger partial charge in [-0.15, -0.1) is 0 Å². The van der Waals surface area contributed by atoms with Crippen molar-refractivity contribution in [2.45, 2.75) is 12.5 Å². The Morgan fingerprint density at radius 1 is 1.22 bits per heavy atom. The Labute approximate surface area is 137 Å². The second-order valence-electron chi connectivity index (χ2n) is 6.14.